The standard InChI is InChI=1S/C19H28N4O2S/c1-13(25-4)19-21-14(12-26-19)11-23-10-6-5-7-16(23)15-8-9-17(22(15)3)18(24)20-2/h8-9,12-13,16H,5-7,10-11H2,1-4H3,(H,20,24). The Morgan fingerprint density at radius 1 is 1.46 bits per heavy atom. The topological polar surface area (TPSA) is 59.4 Å². The van der Waals surface area contributed by atoms with Crippen molar-refractivity contribution in [2.75, 3.05) is 20.7 Å². The summed E-state index contributed by atoms with van der Waals surface area (Å²) in [6.07, 6.45) is 3.56. The van der Waals surface area contributed by atoms with Gasteiger partial charge in [0.05, 0.1) is 11.7 Å². The summed E-state index contributed by atoms with van der Waals surface area (Å²) in [6.45, 7) is 3.91. The Labute approximate surface area is 159 Å². The zero-order valence-electron chi connectivity index (χ0n) is 16.0. The number of likely N-dealkylation sites (tertiary alicyclic amines) is 1. The number of amides is 1. The molecule has 7 heteroatoms. The van der Waals surface area contributed by atoms with Crippen molar-refractivity contribution < 1.29 is 9.53 Å². The number of hydrogen-bond donors (Lipinski definition) is 1. The largest absolute Gasteiger partial charge is 0.375 e. The van der Waals surface area contributed by atoms with Crippen molar-refractivity contribution in [2.24, 2.45) is 7.05 Å². The van der Waals surface area contributed by atoms with Gasteiger partial charge in [0.1, 0.15) is 16.8 Å². The molecule has 0 aliphatic carbocycles. The molecule has 142 valence electrons. The monoisotopic (exact) mass is 376 g/mol. The van der Waals surface area contributed by atoms with Crippen LogP contribution in [-0.4, -0.2) is 41.1 Å². The summed E-state index contributed by atoms with van der Waals surface area (Å²) in [4.78, 5) is 19.3. The summed E-state index contributed by atoms with van der Waals surface area (Å²) >= 11 is 1.66. The van der Waals surface area contributed by atoms with E-state index in [0.29, 0.717) is 11.7 Å². The van der Waals surface area contributed by atoms with Crippen LogP contribution in [0.15, 0.2) is 17.5 Å². The van der Waals surface area contributed by atoms with Gasteiger partial charge in [0.15, 0.2) is 0 Å². The number of aromatic nitrogens is 2. The summed E-state index contributed by atoms with van der Waals surface area (Å²) in [6, 6.07) is 4.33. The van der Waals surface area contributed by atoms with E-state index >= 15 is 0 Å². The van der Waals surface area contributed by atoms with Crippen LogP contribution in [0.25, 0.3) is 0 Å². The SMILES string of the molecule is CNC(=O)c1ccc(C2CCCCN2Cc2csc(C(C)OC)n2)n1C. The molecule has 1 saturated heterocycles. The van der Waals surface area contributed by atoms with E-state index in [2.05, 4.69) is 21.7 Å². The second-order valence-corrected chi connectivity index (χ2v) is 7.71. The number of piperidine rings is 1. The normalized spacial score (nSPS) is 19.5. The minimum atomic E-state index is -0.0428. The minimum Gasteiger partial charge on any atom is -0.375 e. The van der Waals surface area contributed by atoms with Crippen molar-refractivity contribution in [1.82, 2.24) is 19.8 Å². The van der Waals surface area contributed by atoms with Gasteiger partial charge in [-0.1, -0.05) is 6.42 Å². The highest BCUT2D eigenvalue weighted by Crippen LogP contribution is 2.33. The third-order valence-corrected chi connectivity index (χ3v) is 6.27. The van der Waals surface area contributed by atoms with Gasteiger partial charge in [-0.05, 0) is 38.4 Å². The maximum Gasteiger partial charge on any atom is 0.267 e. The molecular weight excluding hydrogens is 348 g/mol. The third kappa shape index (κ3) is 3.84. The van der Waals surface area contributed by atoms with Gasteiger partial charge >= 0.3 is 0 Å². The number of thiazole rings is 1. The molecule has 26 heavy (non-hydrogen) atoms. The number of nitrogens with one attached hydrogen (secondary N) is 1. The van der Waals surface area contributed by atoms with Crippen molar-refractivity contribution in [2.45, 2.75) is 44.9 Å². The van der Waals surface area contributed by atoms with E-state index in [-0.39, 0.29) is 12.0 Å². The first-order chi connectivity index (χ1) is 12.5. The molecule has 2 aromatic heterocycles. The number of rotatable bonds is 6. The van der Waals surface area contributed by atoms with E-state index in [4.69, 9.17) is 9.72 Å². The first kappa shape index (κ1) is 19.1. The maximum atomic E-state index is 12.0. The number of methoxy groups -OCH3 is 1. The minimum absolute atomic E-state index is 0.0360. The smallest absolute Gasteiger partial charge is 0.267 e. The second-order valence-electron chi connectivity index (χ2n) is 6.82. The summed E-state index contributed by atoms with van der Waals surface area (Å²) < 4.78 is 7.40. The van der Waals surface area contributed by atoms with Crippen LogP contribution in [0.1, 0.15) is 65.2 Å². The van der Waals surface area contributed by atoms with Gasteiger partial charge in [-0.2, -0.15) is 0 Å². The Morgan fingerprint density at radius 2 is 2.27 bits per heavy atom. The van der Waals surface area contributed by atoms with Gasteiger partial charge in [-0.3, -0.25) is 9.69 Å². The lowest BCUT2D eigenvalue weighted by molar-refractivity contribution is 0.0952. The van der Waals surface area contributed by atoms with Crippen molar-refractivity contribution in [1.29, 1.82) is 0 Å². The Balaban J connectivity index is 1.79. The Morgan fingerprint density at radius 3 is 3.00 bits per heavy atom. The molecule has 2 atom stereocenters. The Kier molecular flexibility index (Phi) is 6.11. The van der Waals surface area contributed by atoms with Gasteiger partial charge in [-0.25, -0.2) is 4.98 Å². The van der Waals surface area contributed by atoms with Crippen molar-refractivity contribution in [3.63, 3.8) is 0 Å². The fraction of sp³-hybridized carbons (Fsp3) is 0.579. The zero-order valence-corrected chi connectivity index (χ0v) is 16.8. The lowest BCUT2D eigenvalue weighted by atomic mass is 9.99. The molecule has 2 unspecified atom stereocenters. The summed E-state index contributed by atoms with van der Waals surface area (Å²) in [5.41, 5.74) is 3.00. The van der Waals surface area contributed by atoms with Crippen molar-refractivity contribution in [3.8, 4) is 0 Å². The highest BCUT2D eigenvalue weighted by Gasteiger charge is 2.28. The number of carbonyl (C=O) groups excluding carboxylic acids is 1. The lowest BCUT2D eigenvalue weighted by Gasteiger charge is -2.35. The molecule has 0 bridgehead atoms. The number of ether oxygens (including phenoxy) is 1. The molecule has 3 rings (SSSR count). The molecular formula is C19H28N4O2S. The van der Waals surface area contributed by atoms with Gasteiger partial charge < -0.3 is 14.6 Å². The molecule has 1 aliphatic rings. The van der Waals surface area contributed by atoms with Crippen LogP contribution >= 0.6 is 11.3 Å². The molecule has 6 nitrogen and oxygen atoms in total. The molecule has 1 amide bonds. The quantitative estimate of drug-likeness (QED) is 0.841. The molecule has 0 aromatic carbocycles. The van der Waals surface area contributed by atoms with Crippen LogP contribution in [0, 0.1) is 0 Å². The fourth-order valence-corrected chi connectivity index (χ4v) is 4.47. The summed E-state index contributed by atoms with van der Waals surface area (Å²) in [7, 11) is 5.36. The number of carbonyl (C=O) groups is 1. The van der Waals surface area contributed by atoms with E-state index in [1.165, 1.54) is 18.5 Å². The first-order valence-corrected chi connectivity index (χ1v) is 10.0. The van der Waals surface area contributed by atoms with Crippen LogP contribution in [0.3, 0.4) is 0 Å². The van der Waals surface area contributed by atoms with E-state index in [1.807, 2.05) is 24.6 Å². The van der Waals surface area contributed by atoms with Crippen LogP contribution < -0.4 is 5.32 Å². The van der Waals surface area contributed by atoms with Crippen LogP contribution in [0.5, 0.6) is 0 Å². The van der Waals surface area contributed by atoms with Crippen molar-refractivity contribution >= 4 is 17.2 Å². The average Bonchev–Trinajstić information content (AvgIpc) is 3.28. The van der Waals surface area contributed by atoms with Crippen LogP contribution in [0.4, 0.5) is 0 Å². The third-order valence-electron chi connectivity index (χ3n) is 5.21. The molecule has 0 spiro atoms. The molecule has 1 N–H and O–H groups in total. The van der Waals surface area contributed by atoms with Crippen LogP contribution in [0.2, 0.25) is 0 Å². The highest BCUT2D eigenvalue weighted by atomic mass is 32.1. The Hall–Kier alpha value is -1.70. The maximum absolute atomic E-state index is 12.0. The van der Waals surface area contributed by atoms with E-state index in [0.717, 1.165) is 30.2 Å². The van der Waals surface area contributed by atoms with E-state index in [9.17, 15) is 4.79 Å². The second kappa shape index (κ2) is 8.33. The van der Waals surface area contributed by atoms with E-state index < -0.39 is 0 Å². The molecule has 1 fully saturated rings. The molecule has 0 saturated carbocycles. The molecule has 0 radical (unpaired) electrons. The van der Waals surface area contributed by atoms with Crippen molar-refractivity contribution in [3.05, 3.63) is 39.6 Å². The average molecular weight is 377 g/mol. The van der Waals surface area contributed by atoms with Gasteiger partial charge in [0.2, 0.25) is 0 Å². The van der Waals surface area contributed by atoms with Gasteiger partial charge in [-0.15, -0.1) is 11.3 Å². The zero-order chi connectivity index (χ0) is 18.7. The Bertz CT molecular complexity index is 755. The molecule has 3 heterocycles. The fourth-order valence-electron chi connectivity index (χ4n) is 3.62. The van der Waals surface area contributed by atoms with Gasteiger partial charge in [0.25, 0.3) is 5.91 Å². The lowest BCUT2D eigenvalue weighted by Crippen LogP contribution is -2.34. The number of hydrogen-bond acceptors (Lipinski definition) is 5. The van der Waals surface area contributed by atoms with Crippen LogP contribution in [-0.2, 0) is 18.3 Å². The highest BCUT2D eigenvalue weighted by molar-refractivity contribution is 7.09. The number of nitrogens with zero attached hydrogens (tertiary/aromatic N) is 3. The first-order valence-electron chi connectivity index (χ1n) is 9.14. The predicted molar refractivity (Wildman–Crippen MR) is 103 cm³/mol. The summed E-state index contributed by atoms with van der Waals surface area (Å²) in [5, 5.41) is 5.88. The molecule has 2 aromatic rings. The summed E-state index contributed by atoms with van der Waals surface area (Å²) in [5.74, 6) is -0.0428. The van der Waals surface area contributed by atoms with E-state index in [1.54, 1.807) is 25.5 Å². The van der Waals surface area contributed by atoms with Gasteiger partial charge in [0, 0.05) is 38.8 Å². The molecule has 1 aliphatic heterocycles. The predicted octanol–water partition coefficient (Wildman–Crippen LogP) is 3.28.